The third-order valence-corrected chi connectivity index (χ3v) is 5.17. The van der Waals surface area contributed by atoms with E-state index in [2.05, 4.69) is 4.98 Å². The third-order valence-electron chi connectivity index (χ3n) is 4.34. The fourth-order valence-corrected chi connectivity index (χ4v) is 3.26. The zero-order valence-corrected chi connectivity index (χ0v) is 16.6. The van der Waals surface area contributed by atoms with Crippen LogP contribution in [-0.4, -0.2) is 23.3 Å². The van der Waals surface area contributed by atoms with E-state index in [4.69, 9.17) is 27.9 Å². The Morgan fingerprint density at radius 3 is 2.54 bits per heavy atom. The lowest BCUT2D eigenvalue weighted by Gasteiger charge is -2.13. The van der Waals surface area contributed by atoms with E-state index in [1.807, 2.05) is 36.5 Å². The van der Waals surface area contributed by atoms with E-state index in [1.54, 1.807) is 6.07 Å². The Morgan fingerprint density at radius 2 is 1.73 bits per heavy atom. The van der Waals surface area contributed by atoms with Crippen molar-refractivity contribution in [3.05, 3.63) is 63.9 Å². The van der Waals surface area contributed by atoms with Gasteiger partial charge in [-0.05, 0) is 31.0 Å². The minimum absolute atomic E-state index is 0.463. The highest BCUT2D eigenvalue weighted by Crippen LogP contribution is 2.32. The first-order valence-electron chi connectivity index (χ1n) is 9.28. The van der Waals surface area contributed by atoms with Gasteiger partial charge in [-0.3, -0.25) is 4.98 Å². The van der Waals surface area contributed by atoms with Crippen LogP contribution in [0.4, 0.5) is 0 Å². The van der Waals surface area contributed by atoms with Crippen molar-refractivity contribution in [3.63, 3.8) is 0 Å². The maximum absolute atomic E-state index is 10.3. The van der Waals surface area contributed by atoms with E-state index in [-0.39, 0.29) is 0 Å². The van der Waals surface area contributed by atoms with Crippen LogP contribution >= 0.6 is 23.2 Å². The molecule has 0 saturated heterocycles. The van der Waals surface area contributed by atoms with Gasteiger partial charge < -0.3 is 9.84 Å². The van der Waals surface area contributed by atoms with Gasteiger partial charge in [0.2, 0.25) is 0 Å². The van der Waals surface area contributed by atoms with Crippen LogP contribution in [0.25, 0.3) is 0 Å². The lowest BCUT2D eigenvalue weighted by atomic mass is 10.0. The van der Waals surface area contributed by atoms with Crippen LogP contribution in [0.3, 0.4) is 0 Å². The van der Waals surface area contributed by atoms with E-state index in [1.165, 1.54) is 0 Å². The molecule has 1 N–H and O–H groups in total. The van der Waals surface area contributed by atoms with Crippen LogP contribution in [0.5, 0.6) is 0 Å². The average Bonchev–Trinajstić information content (AvgIpc) is 2.66. The Bertz CT molecular complexity index is 637. The molecule has 142 valence electrons. The summed E-state index contributed by atoms with van der Waals surface area (Å²) in [6, 6.07) is 11.3. The summed E-state index contributed by atoms with van der Waals surface area (Å²) < 4.78 is 5.66. The van der Waals surface area contributed by atoms with Crippen molar-refractivity contribution in [3.8, 4) is 0 Å². The first-order chi connectivity index (χ1) is 12.7. The van der Waals surface area contributed by atoms with Gasteiger partial charge in [-0.1, -0.05) is 67.1 Å². The van der Waals surface area contributed by atoms with E-state index in [0.29, 0.717) is 16.5 Å². The number of aliphatic hydroxyl groups excluding tert-OH is 1. The second-order valence-electron chi connectivity index (χ2n) is 6.40. The molecule has 0 aliphatic carbocycles. The Hall–Kier alpha value is -1.13. The van der Waals surface area contributed by atoms with Gasteiger partial charge in [0.1, 0.15) is 0 Å². The van der Waals surface area contributed by atoms with Crippen LogP contribution in [0.15, 0.2) is 42.6 Å². The standard InChI is InChI=1S/C21H27Cl2NO2/c22-19-11-8-10-18(21(19)23)20(25)12-4-2-1-3-7-15-26-16-13-17-9-5-6-14-24-17/h5-6,8-11,14,20,25H,1-4,7,12-13,15-16H2. The van der Waals surface area contributed by atoms with Crippen molar-refractivity contribution in [2.24, 2.45) is 0 Å². The number of pyridine rings is 1. The summed E-state index contributed by atoms with van der Waals surface area (Å²) in [5, 5.41) is 11.2. The van der Waals surface area contributed by atoms with Gasteiger partial charge in [0.15, 0.2) is 0 Å². The van der Waals surface area contributed by atoms with E-state index >= 15 is 0 Å². The number of benzene rings is 1. The van der Waals surface area contributed by atoms with Crippen LogP contribution in [-0.2, 0) is 11.2 Å². The molecule has 0 bridgehead atoms. The zero-order valence-electron chi connectivity index (χ0n) is 15.0. The largest absolute Gasteiger partial charge is 0.388 e. The highest BCUT2D eigenvalue weighted by atomic mass is 35.5. The molecular formula is C21H27Cl2NO2. The molecule has 5 heteroatoms. The molecule has 0 radical (unpaired) electrons. The Morgan fingerprint density at radius 1 is 0.923 bits per heavy atom. The molecule has 0 aliphatic heterocycles. The van der Waals surface area contributed by atoms with Crippen molar-refractivity contribution in [2.45, 2.75) is 51.0 Å². The number of aliphatic hydroxyl groups is 1. The van der Waals surface area contributed by atoms with Gasteiger partial charge in [0.25, 0.3) is 0 Å². The number of aromatic nitrogens is 1. The molecule has 0 spiro atoms. The molecule has 1 aromatic heterocycles. The van der Waals surface area contributed by atoms with Crippen LogP contribution in [0.1, 0.15) is 55.9 Å². The first kappa shape index (κ1) is 21.2. The fraction of sp³-hybridized carbons (Fsp3) is 0.476. The van der Waals surface area contributed by atoms with Crippen molar-refractivity contribution in [2.75, 3.05) is 13.2 Å². The monoisotopic (exact) mass is 395 g/mol. The van der Waals surface area contributed by atoms with Crippen LogP contribution in [0.2, 0.25) is 10.0 Å². The molecule has 1 unspecified atom stereocenters. The van der Waals surface area contributed by atoms with Crippen molar-refractivity contribution >= 4 is 23.2 Å². The van der Waals surface area contributed by atoms with E-state index in [0.717, 1.165) is 63.0 Å². The van der Waals surface area contributed by atoms with E-state index < -0.39 is 6.10 Å². The molecule has 1 atom stereocenters. The zero-order chi connectivity index (χ0) is 18.6. The number of nitrogens with zero attached hydrogens (tertiary/aromatic N) is 1. The SMILES string of the molecule is OC(CCCCCCCOCCc1ccccn1)c1cccc(Cl)c1Cl. The Kier molecular flexibility index (Phi) is 10.0. The number of unbranched alkanes of at least 4 members (excludes halogenated alkanes) is 4. The summed E-state index contributed by atoms with van der Waals surface area (Å²) in [6.07, 6.45) is 8.30. The van der Waals surface area contributed by atoms with Crippen molar-refractivity contribution < 1.29 is 9.84 Å². The predicted octanol–water partition coefficient (Wildman–Crippen LogP) is 6.02. The van der Waals surface area contributed by atoms with Gasteiger partial charge in [-0.15, -0.1) is 0 Å². The van der Waals surface area contributed by atoms with Crippen molar-refractivity contribution in [1.82, 2.24) is 4.98 Å². The Labute approximate surface area is 166 Å². The molecule has 1 heterocycles. The highest BCUT2D eigenvalue weighted by Gasteiger charge is 2.13. The lowest BCUT2D eigenvalue weighted by molar-refractivity contribution is 0.132. The second-order valence-corrected chi connectivity index (χ2v) is 7.18. The number of hydrogen-bond donors (Lipinski definition) is 1. The first-order valence-corrected chi connectivity index (χ1v) is 10.0. The summed E-state index contributed by atoms with van der Waals surface area (Å²) >= 11 is 12.1. The maximum atomic E-state index is 10.3. The normalized spacial score (nSPS) is 12.3. The molecule has 3 nitrogen and oxygen atoms in total. The molecule has 0 saturated carbocycles. The number of halogens is 2. The third kappa shape index (κ3) is 7.63. The van der Waals surface area contributed by atoms with Gasteiger partial charge in [-0.25, -0.2) is 0 Å². The summed E-state index contributed by atoms with van der Waals surface area (Å²) in [5.41, 5.74) is 1.80. The fourth-order valence-electron chi connectivity index (χ4n) is 2.83. The summed E-state index contributed by atoms with van der Waals surface area (Å²) in [5.74, 6) is 0. The molecule has 2 aromatic rings. The number of hydrogen-bond acceptors (Lipinski definition) is 3. The molecular weight excluding hydrogens is 369 g/mol. The quantitative estimate of drug-likeness (QED) is 0.446. The topological polar surface area (TPSA) is 42.4 Å². The smallest absolute Gasteiger partial charge is 0.0805 e. The summed E-state index contributed by atoms with van der Waals surface area (Å²) in [6.45, 7) is 1.52. The number of ether oxygens (including phenoxy) is 1. The molecule has 0 aliphatic rings. The molecule has 0 amide bonds. The van der Waals surface area contributed by atoms with Gasteiger partial charge in [-0.2, -0.15) is 0 Å². The minimum atomic E-state index is -0.545. The van der Waals surface area contributed by atoms with Crippen molar-refractivity contribution in [1.29, 1.82) is 0 Å². The maximum Gasteiger partial charge on any atom is 0.0805 e. The van der Waals surface area contributed by atoms with Gasteiger partial charge in [0.05, 0.1) is 22.8 Å². The summed E-state index contributed by atoms with van der Waals surface area (Å²) in [4.78, 5) is 4.28. The average molecular weight is 396 g/mol. The molecule has 0 fully saturated rings. The van der Waals surface area contributed by atoms with Crippen LogP contribution < -0.4 is 0 Å². The predicted molar refractivity (Wildman–Crippen MR) is 108 cm³/mol. The lowest BCUT2D eigenvalue weighted by Crippen LogP contribution is -2.01. The number of rotatable bonds is 12. The Balaban J connectivity index is 1.46. The van der Waals surface area contributed by atoms with E-state index in [9.17, 15) is 5.11 Å². The highest BCUT2D eigenvalue weighted by molar-refractivity contribution is 6.42. The molecule has 2 rings (SSSR count). The molecule has 26 heavy (non-hydrogen) atoms. The van der Waals surface area contributed by atoms with Gasteiger partial charge in [0, 0.05) is 30.5 Å². The summed E-state index contributed by atoms with van der Waals surface area (Å²) in [7, 11) is 0. The van der Waals surface area contributed by atoms with Crippen LogP contribution in [0, 0.1) is 0 Å². The minimum Gasteiger partial charge on any atom is -0.388 e. The molecule has 1 aromatic carbocycles. The van der Waals surface area contributed by atoms with Gasteiger partial charge >= 0.3 is 0 Å². The second kappa shape index (κ2) is 12.3.